The first kappa shape index (κ1) is 15.5. The molecule has 2 rings (SSSR count). The van der Waals surface area contributed by atoms with E-state index in [4.69, 9.17) is 0 Å². The lowest BCUT2D eigenvalue weighted by Gasteiger charge is -2.32. The van der Waals surface area contributed by atoms with Gasteiger partial charge < -0.3 is 10.2 Å². The molecule has 0 aliphatic carbocycles. The number of amides is 2. The number of para-hydroxylation sites is 1. The highest BCUT2D eigenvalue weighted by Gasteiger charge is 2.28. The fraction of sp³-hybridized carbons (Fsp3) is 0.529. The Labute approximate surface area is 126 Å². The molecule has 0 bridgehead atoms. The monoisotopic (exact) mass is 288 g/mol. The van der Waals surface area contributed by atoms with Crippen LogP contribution in [0.3, 0.4) is 0 Å². The fourth-order valence-corrected chi connectivity index (χ4v) is 2.61. The summed E-state index contributed by atoms with van der Waals surface area (Å²) in [5, 5.41) is 2.95. The molecule has 0 aromatic heterocycles. The van der Waals surface area contributed by atoms with E-state index < -0.39 is 0 Å². The molecule has 4 nitrogen and oxygen atoms in total. The van der Waals surface area contributed by atoms with Gasteiger partial charge in [-0.25, -0.2) is 0 Å². The number of likely N-dealkylation sites (tertiary alicyclic amines) is 1. The van der Waals surface area contributed by atoms with Crippen molar-refractivity contribution in [2.75, 3.05) is 18.4 Å². The number of anilines is 1. The summed E-state index contributed by atoms with van der Waals surface area (Å²) in [6.07, 6.45) is 2.37. The highest BCUT2D eigenvalue weighted by Crippen LogP contribution is 2.21. The first-order valence-electron chi connectivity index (χ1n) is 7.76. The van der Waals surface area contributed by atoms with Crippen LogP contribution in [0.5, 0.6) is 0 Å². The molecule has 1 atom stereocenters. The molecule has 2 amide bonds. The first-order valence-corrected chi connectivity index (χ1v) is 7.76. The van der Waals surface area contributed by atoms with Gasteiger partial charge in [-0.3, -0.25) is 9.59 Å². The molecule has 1 saturated heterocycles. The van der Waals surface area contributed by atoms with Gasteiger partial charge in [0.05, 0.1) is 0 Å². The van der Waals surface area contributed by atoms with Gasteiger partial charge in [-0.15, -0.1) is 0 Å². The molecule has 1 N–H and O–H groups in total. The summed E-state index contributed by atoms with van der Waals surface area (Å²) < 4.78 is 0. The maximum absolute atomic E-state index is 12.2. The first-order chi connectivity index (χ1) is 10.1. The Morgan fingerprint density at radius 2 is 1.86 bits per heavy atom. The molecule has 1 heterocycles. The number of carbonyl (C=O) groups excluding carboxylic acids is 2. The molecular weight excluding hydrogens is 264 g/mol. The van der Waals surface area contributed by atoms with Crippen molar-refractivity contribution >= 4 is 17.5 Å². The van der Waals surface area contributed by atoms with Crippen LogP contribution in [-0.2, 0) is 9.59 Å². The van der Waals surface area contributed by atoms with E-state index in [0.29, 0.717) is 13.1 Å². The average molecular weight is 288 g/mol. The van der Waals surface area contributed by atoms with Crippen LogP contribution in [-0.4, -0.2) is 29.8 Å². The second-order valence-corrected chi connectivity index (χ2v) is 5.76. The molecule has 0 unspecified atom stereocenters. The Morgan fingerprint density at radius 1 is 1.24 bits per heavy atom. The minimum Gasteiger partial charge on any atom is -0.342 e. The predicted octanol–water partition coefficient (Wildman–Crippen LogP) is 2.91. The van der Waals surface area contributed by atoms with Gasteiger partial charge in [0.2, 0.25) is 11.8 Å². The van der Waals surface area contributed by atoms with Crippen LogP contribution in [0.25, 0.3) is 0 Å². The molecule has 114 valence electrons. The second-order valence-electron chi connectivity index (χ2n) is 5.76. The number of hydrogen-bond donors (Lipinski definition) is 1. The highest BCUT2D eigenvalue weighted by atomic mass is 16.2. The molecular formula is C17H24N2O2. The predicted molar refractivity (Wildman–Crippen MR) is 83.8 cm³/mol. The third-order valence-electron chi connectivity index (χ3n) is 4.25. The van der Waals surface area contributed by atoms with E-state index in [1.165, 1.54) is 0 Å². The van der Waals surface area contributed by atoms with Crippen LogP contribution in [0, 0.1) is 11.8 Å². The molecule has 1 fully saturated rings. The van der Waals surface area contributed by atoms with Crippen molar-refractivity contribution in [3.05, 3.63) is 30.3 Å². The Kier molecular flexibility index (Phi) is 5.37. The number of benzene rings is 1. The third-order valence-corrected chi connectivity index (χ3v) is 4.25. The summed E-state index contributed by atoms with van der Waals surface area (Å²) in [4.78, 5) is 26.2. The molecule has 21 heavy (non-hydrogen) atoms. The van der Waals surface area contributed by atoms with E-state index >= 15 is 0 Å². The Bertz CT molecular complexity index is 479. The van der Waals surface area contributed by atoms with Gasteiger partial charge >= 0.3 is 0 Å². The topological polar surface area (TPSA) is 49.4 Å². The van der Waals surface area contributed by atoms with Crippen LogP contribution < -0.4 is 5.32 Å². The minimum atomic E-state index is 0.00573. The molecule has 0 radical (unpaired) electrons. The number of carbonyl (C=O) groups is 2. The van der Waals surface area contributed by atoms with E-state index in [9.17, 15) is 9.59 Å². The van der Waals surface area contributed by atoms with E-state index in [-0.39, 0.29) is 23.7 Å². The molecule has 1 aliphatic rings. The molecule has 1 aliphatic heterocycles. The van der Waals surface area contributed by atoms with Gasteiger partial charge in [0.25, 0.3) is 0 Å². The van der Waals surface area contributed by atoms with Gasteiger partial charge in [0.1, 0.15) is 0 Å². The lowest BCUT2D eigenvalue weighted by molar-refractivity contribution is -0.138. The van der Waals surface area contributed by atoms with E-state index in [0.717, 1.165) is 24.9 Å². The molecule has 1 aromatic rings. The Morgan fingerprint density at radius 3 is 2.43 bits per heavy atom. The summed E-state index contributed by atoms with van der Waals surface area (Å²) in [5.41, 5.74) is 0.834. The van der Waals surface area contributed by atoms with E-state index in [2.05, 4.69) is 5.32 Å². The second kappa shape index (κ2) is 7.25. The largest absolute Gasteiger partial charge is 0.342 e. The number of nitrogens with zero attached hydrogens (tertiary/aromatic N) is 1. The van der Waals surface area contributed by atoms with Crippen molar-refractivity contribution in [2.45, 2.75) is 33.1 Å². The molecule has 1 aromatic carbocycles. The molecule has 0 spiro atoms. The summed E-state index contributed by atoms with van der Waals surface area (Å²) >= 11 is 0. The third kappa shape index (κ3) is 4.06. The number of piperidine rings is 1. The minimum absolute atomic E-state index is 0.00573. The quantitative estimate of drug-likeness (QED) is 0.926. The van der Waals surface area contributed by atoms with Crippen molar-refractivity contribution in [1.82, 2.24) is 4.90 Å². The van der Waals surface area contributed by atoms with Crippen LogP contribution in [0.2, 0.25) is 0 Å². The smallest absolute Gasteiger partial charge is 0.227 e. The van der Waals surface area contributed by atoms with Gasteiger partial charge in [-0.1, -0.05) is 32.0 Å². The summed E-state index contributed by atoms with van der Waals surface area (Å²) in [6.45, 7) is 5.38. The normalized spacial score (nSPS) is 17.3. The maximum Gasteiger partial charge on any atom is 0.227 e. The summed E-state index contributed by atoms with van der Waals surface area (Å²) in [6, 6.07) is 9.51. The van der Waals surface area contributed by atoms with Crippen LogP contribution in [0.1, 0.15) is 33.1 Å². The molecule has 0 saturated carbocycles. The fourth-order valence-electron chi connectivity index (χ4n) is 2.61. The maximum atomic E-state index is 12.2. The van der Waals surface area contributed by atoms with Crippen molar-refractivity contribution in [3.63, 3.8) is 0 Å². The lowest BCUT2D eigenvalue weighted by Crippen LogP contribution is -2.43. The zero-order valence-corrected chi connectivity index (χ0v) is 12.8. The SMILES string of the molecule is CC[C@@H](C)C(=O)N1CCC(C(=O)Nc2ccccc2)CC1. The van der Waals surface area contributed by atoms with Crippen LogP contribution in [0.15, 0.2) is 30.3 Å². The van der Waals surface area contributed by atoms with Gasteiger partial charge in [0, 0.05) is 30.6 Å². The van der Waals surface area contributed by atoms with Gasteiger partial charge in [-0.05, 0) is 31.4 Å². The van der Waals surface area contributed by atoms with Crippen LogP contribution in [0.4, 0.5) is 5.69 Å². The Hall–Kier alpha value is -1.84. The number of nitrogens with one attached hydrogen (secondary N) is 1. The zero-order chi connectivity index (χ0) is 15.2. The van der Waals surface area contributed by atoms with Gasteiger partial charge in [0.15, 0.2) is 0 Å². The Balaban J connectivity index is 1.83. The molecule has 4 heteroatoms. The van der Waals surface area contributed by atoms with Crippen LogP contribution >= 0.6 is 0 Å². The van der Waals surface area contributed by atoms with Gasteiger partial charge in [-0.2, -0.15) is 0 Å². The van der Waals surface area contributed by atoms with Crippen molar-refractivity contribution in [1.29, 1.82) is 0 Å². The summed E-state index contributed by atoms with van der Waals surface area (Å²) in [5.74, 6) is 0.377. The van der Waals surface area contributed by atoms with E-state index in [1.807, 2.05) is 49.1 Å². The van der Waals surface area contributed by atoms with Crippen molar-refractivity contribution < 1.29 is 9.59 Å². The standard InChI is InChI=1S/C17H24N2O2/c1-3-13(2)17(21)19-11-9-14(10-12-19)16(20)18-15-7-5-4-6-8-15/h4-8,13-14H,3,9-12H2,1-2H3,(H,18,20)/t13-/m1/s1. The van der Waals surface area contributed by atoms with Crippen molar-refractivity contribution in [2.24, 2.45) is 11.8 Å². The zero-order valence-electron chi connectivity index (χ0n) is 12.8. The highest BCUT2D eigenvalue weighted by molar-refractivity contribution is 5.92. The lowest BCUT2D eigenvalue weighted by atomic mass is 9.94. The number of rotatable bonds is 4. The van der Waals surface area contributed by atoms with Crippen molar-refractivity contribution in [3.8, 4) is 0 Å². The summed E-state index contributed by atoms with van der Waals surface area (Å²) in [7, 11) is 0. The van der Waals surface area contributed by atoms with E-state index in [1.54, 1.807) is 0 Å². The number of hydrogen-bond acceptors (Lipinski definition) is 2. The average Bonchev–Trinajstić information content (AvgIpc) is 2.54.